The predicted molar refractivity (Wildman–Crippen MR) is 56.1 cm³/mol. The number of carbonyl (C=O) groups is 2. The average molecular weight is 292 g/mol. The van der Waals surface area contributed by atoms with Crippen LogP contribution in [0.4, 0.5) is 0 Å². The van der Waals surface area contributed by atoms with Crippen molar-refractivity contribution in [3.05, 3.63) is 0 Å². The molecule has 0 saturated carbocycles. The fraction of sp³-hybridized carbons (Fsp3) is 0.667. The molecule has 0 aromatic rings. The molecule has 0 aliphatic carbocycles. The van der Waals surface area contributed by atoms with Crippen molar-refractivity contribution in [1.82, 2.24) is 0 Å². The van der Waals surface area contributed by atoms with Crippen molar-refractivity contribution in [2.45, 2.75) is 18.6 Å². The summed E-state index contributed by atoms with van der Waals surface area (Å²) < 4.78 is 47.5. The summed E-state index contributed by atoms with van der Waals surface area (Å²) in [7, 11) is -6.94. The summed E-state index contributed by atoms with van der Waals surface area (Å²) >= 11 is 0. The van der Waals surface area contributed by atoms with Gasteiger partial charge in [0.1, 0.15) is 10.7 Å². The van der Waals surface area contributed by atoms with Crippen LogP contribution in [0.25, 0.3) is 0 Å². The number of hydrogen-bond donors (Lipinski definition) is 4. The number of carboxylic acid groups (broad SMARTS) is 2. The van der Waals surface area contributed by atoms with Gasteiger partial charge in [-0.2, -0.15) is 8.42 Å². The first-order valence-corrected chi connectivity index (χ1v) is 6.91. The molecular formula is C6H12O9S2. The fourth-order valence-electron chi connectivity index (χ4n) is 0.479. The topological polar surface area (TPSA) is 163 Å². The summed E-state index contributed by atoms with van der Waals surface area (Å²) in [6.45, 7) is 1.60. The molecule has 0 aromatic carbocycles. The van der Waals surface area contributed by atoms with Crippen molar-refractivity contribution in [3.63, 3.8) is 0 Å². The van der Waals surface area contributed by atoms with Crippen LogP contribution in [0.2, 0.25) is 0 Å². The molecule has 102 valence electrons. The van der Waals surface area contributed by atoms with Gasteiger partial charge in [0.15, 0.2) is 5.25 Å². The van der Waals surface area contributed by atoms with Gasteiger partial charge in [0.2, 0.25) is 0 Å². The molecule has 17 heavy (non-hydrogen) atoms. The van der Waals surface area contributed by atoms with Crippen LogP contribution in [0.1, 0.15) is 13.3 Å². The lowest BCUT2D eigenvalue weighted by atomic mass is 10.3. The minimum absolute atomic E-state index is 0.259. The Balaban J connectivity index is 0. The molecule has 0 aliphatic rings. The largest absolute Gasteiger partial charge is 0.481 e. The lowest BCUT2D eigenvalue weighted by Gasteiger charge is -2.04. The molecule has 11 heteroatoms. The highest BCUT2D eigenvalue weighted by atomic mass is 32.2. The molecule has 0 heterocycles. The van der Waals surface area contributed by atoms with Gasteiger partial charge < -0.3 is 10.2 Å². The zero-order valence-electron chi connectivity index (χ0n) is 8.64. The van der Waals surface area contributed by atoms with Gasteiger partial charge in [-0.25, -0.2) is 8.42 Å². The van der Waals surface area contributed by atoms with E-state index in [9.17, 15) is 26.4 Å². The van der Waals surface area contributed by atoms with Crippen molar-refractivity contribution in [2.24, 2.45) is 0 Å². The van der Waals surface area contributed by atoms with Crippen LogP contribution in [-0.2, 0) is 30.4 Å². The lowest BCUT2D eigenvalue weighted by molar-refractivity contribution is -0.143. The Morgan fingerprint density at radius 1 is 1.24 bits per heavy atom. The molecular weight excluding hydrogens is 280 g/mol. The van der Waals surface area contributed by atoms with Crippen molar-refractivity contribution in [2.75, 3.05) is 5.75 Å². The molecule has 0 rings (SSSR count). The molecule has 1 atom stereocenters. The summed E-state index contributed by atoms with van der Waals surface area (Å²) in [5, 5.41) is 13.9. The van der Waals surface area contributed by atoms with Gasteiger partial charge in [0, 0.05) is 5.75 Å². The van der Waals surface area contributed by atoms with Crippen LogP contribution in [0.15, 0.2) is 0 Å². The molecule has 1 unspecified atom stereocenters. The van der Waals surface area contributed by atoms with Gasteiger partial charge in [0.25, 0.3) is 10.1 Å². The number of hydrogen-bond acceptors (Lipinski definition) is 6. The normalized spacial score (nSPS) is 12.4. The second kappa shape index (κ2) is 7.97. The average Bonchev–Trinajstić information content (AvgIpc) is 2.12. The number of aliphatic carboxylic acids is 2. The molecule has 9 nitrogen and oxygen atoms in total. The summed E-state index contributed by atoms with van der Waals surface area (Å²) in [6, 6.07) is 0. The van der Waals surface area contributed by atoms with E-state index in [0.717, 1.165) is 0 Å². The maximum Gasteiger partial charge on any atom is 0.325 e. The van der Waals surface area contributed by atoms with Crippen LogP contribution in [-0.4, -0.2) is 54.5 Å². The van der Waals surface area contributed by atoms with E-state index < -0.39 is 44.4 Å². The Morgan fingerprint density at radius 2 is 1.59 bits per heavy atom. The minimum Gasteiger partial charge on any atom is -0.481 e. The highest BCUT2D eigenvalue weighted by molar-refractivity contribution is 7.87. The standard InChI is InChI=1S/C4H6O7S.C2H6O2S/c5-3(6)1-2(4(7)8)12(9,10)11;1-2-5(3)4/h2H,1H2,(H,5,6)(H,7,8)(H,9,10,11);5H,2H2,1H3. The van der Waals surface area contributed by atoms with E-state index in [0.29, 0.717) is 0 Å². The number of thiol groups is 1. The smallest absolute Gasteiger partial charge is 0.325 e. The maximum absolute atomic E-state index is 10.2. The summed E-state index contributed by atoms with van der Waals surface area (Å²) in [6.07, 6.45) is -1.16. The van der Waals surface area contributed by atoms with Crippen LogP contribution in [0, 0.1) is 0 Å². The molecule has 3 N–H and O–H groups in total. The Kier molecular flexibility index (Phi) is 8.52. The zero-order valence-corrected chi connectivity index (χ0v) is 10.3. The van der Waals surface area contributed by atoms with Crippen molar-refractivity contribution >= 4 is 32.8 Å². The van der Waals surface area contributed by atoms with Gasteiger partial charge in [-0.05, 0) is 0 Å². The van der Waals surface area contributed by atoms with E-state index >= 15 is 0 Å². The third kappa shape index (κ3) is 11.1. The molecule has 0 aromatic heterocycles. The van der Waals surface area contributed by atoms with Gasteiger partial charge in [-0.1, -0.05) is 6.92 Å². The van der Waals surface area contributed by atoms with E-state index in [1.54, 1.807) is 6.92 Å². The summed E-state index contributed by atoms with van der Waals surface area (Å²) in [5.74, 6) is -3.24. The van der Waals surface area contributed by atoms with E-state index in [1.165, 1.54) is 0 Å². The van der Waals surface area contributed by atoms with Crippen LogP contribution < -0.4 is 0 Å². The Bertz CT molecular complexity index is 424. The molecule has 0 saturated heterocycles. The zero-order chi connectivity index (χ0) is 14.2. The Labute approximate surface area is 98.8 Å². The van der Waals surface area contributed by atoms with Crippen molar-refractivity contribution in [1.29, 1.82) is 0 Å². The summed E-state index contributed by atoms with van der Waals surface area (Å²) in [4.78, 5) is 20.0. The van der Waals surface area contributed by atoms with Crippen LogP contribution in [0.3, 0.4) is 0 Å². The summed E-state index contributed by atoms with van der Waals surface area (Å²) in [5.41, 5.74) is 0. The van der Waals surface area contributed by atoms with Crippen LogP contribution >= 0.6 is 0 Å². The first-order valence-electron chi connectivity index (χ1n) is 4.05. The molecule has 0 aliphatic heterocycles. The molecule has 0 amide bonds. The third-order valence-corrected chi connectivity index (χ3v) is 2.86. The van der Waals surface area contributed by atoms with Gasteiger partial charge in [-0.3, -0.25) is 14.1 Å². The van der Waals surface area contributed by atoms with Crippen LogP contribution in [0.5, 0.6) is 0 Å². The van der Waals surface area contributed by atoms with E-state index in [1.807, 2.05) is 0 Å². The second-order valence-corrected chi connectivity index (χ2v) is 5.49. The van der Waals surface area contributed by atoms with E-state index in [2.05, 4.69) is 0 Å². The second-order valence-electron chi connectivity index (χ2n) is 2.59. The molecule has 0 fully saturated rings. The van der Waals surface area contributed by atoms with Crippen molar-refractivity contribution in [3.8, 4) is 0 Å². The Hall–Kier alpha value is -1.20. The fourth-order valence-corrected chi connectivity index (χ4v) is 1.09. The van der Waals surface area contributed by atoms with Gasteiger partial charge in [0.05, 0.1) is 6.42 Å². The number of carboxylic acids is 2. The predicted octanol–water partition coefficient (Wildman–Crippen LogP) is -1.58. The monoisotopic (exact) mass is 292 g/mol. The van der Waals surface area contributed by atoms with Crippen molar-refractivity contribution < 1.29 is 41.2 Å². The van der Waals surface area contributed by atoms with Gasteiger partial charge in [-0.15, -0.1) is 0 Å². The third-order valence-electron chi connectivity index (χ3n) is 1.25. The lowest BCUT2D eigenvalue weighted by Crippen LogP contribution is -2.31. The molecule has 0 spiro atoms. The van der Waals surface area contributed by atoms with E-state index in [-0.39, 0.29) is 5.75 Å². The Morgan fingerprint density at radius 3 is 1.65 bits per heavy atom. The molecule has 0 radical (unpaired) electrons. The molecule has 0 bridgehead atoms. The number of rotatable bonds is 5. The van der Waals surface area contributed by atoms with E-state index in [4.69, 9.17) is 14.8 Å². The van der Waals surface area contributed by atoms with Gasteiger partial charge >= 0.3 is 11.9 Å². The highest BCUT2D eigenvalue weighted by Crippen LogP contribution is 2.04. The quantitative estimate of drug-likeness (QED) is 0.346. The first-order chi connectivity index (χ1) is 7.52. The SMILES string of the molecule is CC[SH](=O)=O.O=C(O)CC(C(=O)O)S(=O)(=O)O. The minimum atomic E-state index is -4.84. The highest BCUT2D eigenvalue weighted by Gasteiger charge is 2.33. The first kappa shape index (κ1) is 18.2. The maximum atomic E-state index is 10.2.